The summed E-state index contributed by atoms with van der Waals surface area (Å²) in [5.41, 5.74) is 3.26. The lowest BCUT2D eigenvalue weighted by atomic mass is 9.91. The second-order valence-electron chi connectivity index (χ2n) is 8.52. The summed E-state index contributed by atoms with van der Waals surface area (Å²) in [4.78, 5) is 18.5. The zero-order valence-electron chi connectivity index (χ0n) is 18.2. The number of likely N-dealkylation sites (tertiary alicyclic amines) is 1. The van der Waals surface area contributed by atoms with Crippen LogP contribution in [0.3, 0.4) is 0 Å². The minimum Gasteiger partial charge on any atom is -0.493 e. The van der Waals surface area contributed by atoms with E-state index in [0.29, 0.717) is 24.9 Å². The Morgan fingerprint density at radius 1 is 1.29 bits per heavy atom. The van der Waals surface area contributed by atoms with Crippen LogP contribution in [-0.4, -0.2) is 35.6 Å². The number of urea groups is 1. The standard InChI is InChI=1S/C26H31N3O2/c1-20-18-29(26(30)28-24-10-6-13-27-17-24)14-12-23(20)15-22-9-5-11-25(16-22)31-19-21-7-3-2-4-8-21/h2-3,5-6,9-11,13,15-17,20-21H,4,7-8,12,14,18-19H2,1H3,(H,28,30). The van der Waals surface area contributed by atoms with Gasteiger partial charge in [-0.15, -0.1) is 0 Å². The van der Waals surface area contributed by atoms with Crippen LogP contribution in [0, 0.1) is 11.8 Å². The largest absolute Gasteiger partial charge is 0.493 e. The van der Waals surface area contributed by atoms with E-state index in [4.69, 9.17) is 4.74 Å². The molecule has 1 fully saturated rings. The third-order valence-electron chi connectivity index (χ3n) is 6.07. The van der Waals surface area contributed by atoms with Crippen LogP contribution >= 0.6 is 0 Å². The quantitative estimate of drug-likeness (QED) is 0.628. The van der Waals surface area contributed by atoms with Crippen molar-refractivity contribution in [2.75, 3.05) is 25.0 Å². The smallest absolute Gasteiger partial charge is 0.321 e. The molecule has 1 saturated heterocycles. The van der Waals surface area contributed by atoms with Crippen molar-refractivity contribution in [3.63, 3.8) is 0 Å². The van der Waals surface area contributed by atoms with Gasteiger partial charge < -0.3 is 15.0 Å². The zero-order chi connectivity index (χ0) is 21.5. The minimum atomic E-state index is -0.0631. The van der Waals surface area contributed by atoms with Gasteiger partial charge in [0.15, 0.2) is 0 Å². The molecule has 162 valence electrons. The van der Waals surface area contributed by atoms with Crippen molar-refractivity contribution < 1.29 is 9.53 Å². The van der Waals surface area contributed by atoms with Crippen molar-refractivity contribution in [2.45, 2.75) is 32.6 Å². The first-order chi connectivity index (χ1) is 15.2. The highest BCUT2D eigenvalue weighted by molar-refractivity contribution is 5.89. The first-order valence-electron chi connectivity index (χ1n) is 11.2. The Bertz CT molecular complexity index is 939. The number of nitrogens with zero attached hydrogens (tertiary/aromatic N) is 2. The summed E-state index contributed by atoms with van der Waals surface area (Å²) in [5, 5.41) is 2.93. The normalized spacial score (nSPS) is 22.4. The van der Waals surface area contributed by atoms with Gasteiger partial charge in [0, 0.05) is 19.3 Å². The molecule has 5 heteroatoms. The number of hydrogen-bond acceptors (Lipinski definition) is 3. The van der Waals surface area contributed by atoms with Crippen molar-refractivity contribution in [2.24, 2.45) is 11.8 Å². The lowest BCUT2D eigenvalue weighted by molar-refractivity contribution is 0.198. The van der Waals surface area contributed by atoms with Crippen LogP contribution in [0.5, 0.6) is 5.75 Å². The highest BCUT2D eigenvalue weighted by Crippen LogP contribution is 2.27. The van der Waals surface area contributed by atoms with Gasteiger partial charge in [-0.25, -0.2) is 4.79 Å². The Balaban J connectivity index is 1.33. The number of rotatable bonds is 5. The van der Waals surface area contributed by atoms with Crippen LogP contribution in [0.25, 0.3) is 6.08 Å². The molecule has 0 spiro atoms. The van der Waals surface area contributed by atoms with E-state index in [9.17, 15) is 4.79 Å². The highest BCUT2D eigenvalue weighted by Gasteiger charge is 2.24. The summed E-state index contributed by atoms with van der Waals surface area (Å²) in [5.74, 6) is 1.87. The third-order valence-corrected chi connectivity index (χ3v) is 6.07. The summed E-state index contributed by atoms with van der Waals surface area (Å²) >= 11 is 0. The number of allylic oxidation sites excluding steroid dienone is 2. The van der Waals surface area contributed by atoms with Gasteiger partial charge in [0.2, 0.25) is 0 Å². The molecule has 0 radical (unpaired) electrons. The maximum Gasteiger partial charge on any atom is 0.321 e. The van der Waals surface area contributed by atoms with E-state index in [1.807, 2.05) is 23.1 Å². The van der Waals surface area contributed by atoms with Crippen molar-refractivity contribution in [3.8, 4) is 5.75 Å². The Morgan fingerprint density at radius 3 is 3.00 bits per heavy atom. The van der Waals surface area contributed by atoms with Gasteiger partial charge in [-0.3, -0.25) is 4.98 Å². The number of nitrogens with one attached hydrogen (secondary N) is 1. The Kier molecular flexibility index (Phi) is 7.03. The maximum absolute atomic E-state index is 12.6. The molecular formula is C26H31N3O2. The van der Waals surface area contributed by atoms with Crippen molar-refractivity contribution in [3.05, 3.63) is 72.1 Å². The zero-order valence-corrected chi connectivity index (χ0v) is 18.2. The lowest BCUT2D eigenvalue weighted by Crippen LogP contribution is -2.42. The van der Waals surface area contributed by atoms with Crippen molar-refractivity contribution in [1.29, 1.82) is 0 Å². The molecule has 5 nitrogen and oxygen atoms in total. The van der Waals surface area contributed by atoms with E-state index in [1.165, 1.54) is 12.0 Å². The topological polar surface area (TPSA) is 54.5 Å². The molecule has 31 heavy (non-hydrogen) atoms. The Hall–Kier alpha value is -3.08. The number of ether oxygens (including phenoxy) is 1. The SMILES string of the molecule is CC1CN(C(=O)Nc2cccnc2)CCC1=Cc1cccc(OCC2CC=CCC2)c1. The van der Waals surface area contributed by atoms with E-state index in [1.54, 1.807) is 12.4 Å². The van der Waals surface area contributed by atoms with Gasteiger partial charge in [0.25, 0.3) is 0 Å². The molecule has 0 saturated carbocycles. The fourth-order valence-corrected chi connectivity index (χ4v) is 4.22. The number of aromatic nitrogens is 1. The fourth-order valence-electron chi connectivity index (χ4n) is 4.22. The summed E-state index contributed by atoms with van der Waals surface area (Å²) in [6.07, 6.45) is 14.5. The molecule has 1 aromatic carbocycles. The summed E-state index contributed by atoms with van der Waals surface area (Å²) < 4.78 is 6.08. The first-order valence-corrected chi connectivity index (χ1v) is 11.2. The molecule has 2 aromatic rings. The van der Waals surface area contributed by atoms with Gasteiger partial charge in [-0.2, -0.15) is 0 Å². The third kappa shape index (κ3) is 5.97. The minimum absolute atomic E-state index is 0.0631. The number of amides is 2. The van der Waals surface area contributed by atoms with E-state index in [2.05, 4.69) is 53.7 Å². The average Bonchev–Trinajstić information content (AvgIpc) is 2.81. The molecule has 2 unspecified atom stereocenters. The van der Waals surface area contributed by atoms with Crippen LogP contribution in [0.1, 0.15) is 38.2 Å². The number of piperidine rings is 1. The monoisotopic (exact) mass is 417 g/mol. The molecule has 2 amide bonds. The van der Waals surface area contributed by atoms with E-state index in [-0.39, 0.29) is 6.03 Å². The molecule has 2 aliphatic rings. The molecule has 1 aliphatic heterocycles. The van der Waals surface area contributed by atoms with Crippen molar-refractivity contribution >= 4 is 17.8 Å². The van der Waals surface area contributed by atoms with Gasteiger partial charge in [-0.1, -0.05) is 42.9 Å². The second kappa shape index (κ2) is 10.3. The van der Waals surface area contributed by atoms with Crippen LogP contribution in [0.15, 0.2) is 66.5 Å². The number of anilines is 1. The Labute approximate surface area is 184 Å². The van der Waals surface area contributed by atoms with Gasteiger partial charge >= 0.3 is 6.03 Å². The predicted molar refractivity (Wildman–Crippen MR) is 125 cm³/mol. The van der Waals surface area contributed by atoms with Crippen LogP contribution in [0.2, 0.25) is 0 Å². The summed E-state index contributed by atoms with van der Waals surface area (Å²) in [6, 6.07) is 12.0. The van der Waals surface area contributed by atoms with Crippen LogP contribution < -0.4 is 10.1 Å². The van der Waals surface area contributed by atoms with E-state index < -0.39 is 0 Å². The van der Waals surface area contributed by atoms with E-state index >= 15 is 0 Å². The number of carbonyl (C=O) groups excluding carboxylic acids is 1. The summed E-state index contributed by atoms with van der Waals surface area (Å²) in [6.45, 7) is 4.39. The van der Waals surface area contributed by atoms with Crippen LogP contribution in [0.4, 0.5) is 10.5 Å². The van der Waals surface area contributed by atoms with Crippen molar-refractivity contribution in [1.82, 2.24) is 9.88 Å². The predicted octanol–water partition coefficient (Wildman–Crippen LogP) is 5.77. The molecule has 2 heterocycles. The molecule has 1 aliphatic carbocycles. The number of pyridine rings is 1. The number of carbonyl (C=O) groups is 1. The molecule has 4 rings (SSSR count). The molecular weight excluding hydrogens is 386 g/mol. The van der Waals surface area contributed by atoms with Crippen LogP contribution in [-0.2, 0) is 0 Å². The first kappa shape index (κ1) is 21.2. The second-order valence-corrected chi connectivity index (χ2v) is 8.52. The van der Waals surface area contributed by atoms with Gasteiger partial charge in [0.05, 0.1) is 18.5 Å². The van der Waals surface area contributed by atoms with Gasteiger partial charge in [0.1, 0.15) is 5.75 Å². The molecule has 0 bridgehead atoms. The molecule has 1 aromatic heterocycles. The average molecular weight is 418 g/mol. The van der Waals surface area contributed by atoms with E-state index in [0.717, 1.165) is 42.9 Å². The molecule has 2 atom stereocenters. The maximum atomic E-state index is 12.6. The lowest BCUT2D eigenvalue weighted by Gasteiger charge is -2.33. The van der Waals surface area contributed by atoms with Gasteiger partial charge in [-0.05, 0) is 67.3 Å². The summed E-state index contributed by atoms with van der Waals surface area (Å²) in [7, 11) is 0. The number of benzene rings is 1. The fraction of sp³-hybridized carbons (Fsp3) is 0.385. The number of hydrogen-bond donors (Lipinski definition) is 1. The molecule has 1 N–H and O–H groups in total. The Morgan fingerprint density at radius 2 is 2.23 bits per heavy atom. The highest BCUT2D eigenvalue weighted by atomic mass is 16.5.